The minimum Gasteiger partial charge on any atom is -0.490 e. The second kappa shape index (κ2) is 19.0. The molecular formula is C46H52BrN9O2. The van der Waals surface area contributed by atoms with Crippen LogP contribution in [0.15, 0.2) is 106 Å². The van der Waals surface area contributed by atoms with E-state index >= 15 is 0 Å². The molecule has 2 aromatic heterocycles. The Kier molecular flexibility index (Phi) is 13.4. The number of piperidine rings is 2. The number of hydrogen-bond donors (Lipinski definition) is 3. The fourth-order valence-corrected chi connectivity index (χ4v) is 8.33. The van der Waals surface area contributed by atoms with Crippen LogP contribution in [-0.2, 0) is 6.54 Å². The zero-order valence-electron chi connectivity index (χ0n) is 33.5. The average Bonchev–Trinajstić information content (AvgIpc) is 3.64. The zero-order valence-corrected chi connectivity index (χ0v) is 35.1. The Hall–Kier alpha value is -5.32. The Labute approximate surface area is 349 Å². The Morgan fingerprint density at radius 2 is 1.43 bits per heavy atom. The smallest absolute Gasteiger partial charge is 0.166 e. The van der Waals surface area contributed by atoms with Crippen LogP contribution in [0.5, 0.6) is 11.5 Å². The molecule has 0 radical (unpaired) electrons. The summed E-state index contributed by atoms with van der Waals surface area (Å²) in [5.74, 6) is 13.7. The van der Waals surface area contributed by atoms with Crippen LogP contribution in [0.1, 0.15) is 60.7 Å². The van der Waals surface area contributed by atoms with Gasteiger partial charge < -0.3 is 20.7 Å². The second-order valence-electron chi connectivity index (χ2n) is 15.4. The summed E-state index contributed by atoms with van der Waals surface area (Å²) in [6, 6.07) is 26.1. The van der Waals surface area contributed by atoms with Crippen LogP contribution in [0, 0.1) is 31.1 Å². The molecule has 4 heterocycles. The van der Waals surface area contributed by atoms with Gasteiger partial charge in [0, 0.05) is 83.6 Å². The van der Waals surface area contributed by atoms with Crippen LogP contribution in [0.4, 0.5) is 0 Å². The molecule has 0 spiro atoms. The number of aromatic nitrogens is 2. The van der Waals surface area contributed by atoms with E-state index in [1.54, 1.807) is 0 Å². The van der Waals surface area contributed by atoms with Gasteiger partial charge in [-0.25, -0.2) is 5.84 Å². The maximum atomic E-state index is 9.29. The van der Waals surface area contributed by atoms with Crippen molar-refractivity contribution in [2.45, 2.75) is 65.2 Å². The number of fused-ring (bicyclic) bond motifs is 2. The van der Waals surface area contributed by atoms with Crippen molar-refractivity contribution in [1.29, 1.82) is 5.26 Å². The van der Waals surface area contributed by atoms with Crippen LogP contribution in [0.3, 0.4) is 0 Å². The number of nitrogens with one attached hydrogen (secondary N) is 1. The first kappa shape index (κ1) is 40.9. The van der Waals surface area contributed by atoms with Crippen molar-refractivity contribution >= 4 is 43.6 Å². The number of ether oxygens (including phenoxy) is 2. The number of nitriles is 1. The van der Waals surface area contributed by atoms with Gasteiger partial charge in [-0.15, -0.1) is 0 Å². The van der Waals surface area contributed by atoms with E-state index < -0.39 is 0 Å². The highest BCUT2D eigenvalue weighted by Gasteiger charge is 2.25. The highest BCUT2D eigenvalue weighted by Crippen LogP contribution is 2.32. The molecule has 1 aliphatic carbocycles. The molecule has 0 amide bonds. The number of amidine groups is 1. The van der Waals surface area contributed by atoms with Crippen LogP contribution in [-0.4, -0.2) is 70.5 Å². The number of aryl methyl sites for hydroxylation is 2. The third-order valence-corrected chi connectivity index (χ3v) is 11.7. The predicted molar refractivity (Wildman–Crippen MR) is 235 cm³/mol. The molecule has 300 valence electrons. The van der Waals surface area contributed by atoms with Gasteiger partial charge in [-0.05, 0) is 99.0 Å². The number of pyridine rings is 2. The third kappa shape index (κ3) is 10.0. The van der Waals surface area contributed by atoms with Gasteiger partial charge in [-0.1, -0.05) is 59.3 Å². The topological polar surface area (TPSA) is 151 Å². The molecule has 5 aromatic rings. The fourth-order valence-electron chi connectivity index (χ4n) is 7.96. The van der Waals surface area contributed by atoms with E-state index in [0.29, 0.717) is 11.8 Å². The number of halogens is 1. The molecule has 3 aromatic carbocycles. The van der Waals surface area contributed by atoms with Gasteiger partial charge in [0.15, 0.2) is 5.84 Å². The number of nitrogens with zero attached hydrogens (tertiary/aromatic N) is 6. The Balaban J connectivity index is 0.000000177. The van der Waals surface area contributed by atoms with Gasteiger partial charge in [0.05, 0.1) is 22.7 Å². The lowest BCUT2D eigenvalue weighted by atomic mass is 10.0. The Morgan fingerprint density at radius 3 is 2.00 bits per heavy atom. The number of rotatable bonds is 9. The van der Waals surface area contributed by atoms with E-state index in [2.05, 4.69) is 83.5 Å². The Morgan fingerprint density at radius 1 is 0.845 bits per heavy atom. The molecule has 3 aliphatic rings. The first-order chi connectivity index (χ1) is 28.2. The van der Waals surface area contributed by atoms with Crippen LogP contribution >= 0.6 is 15.9 Å². The number of hydrazone groups is 1. The van der Waals surface area contributed by atoms with Crippen molar-refractivity contribution in [3.63, 3.8) is 0 Å². The molecular weight excluding hydrogens is 790 g/mol. The van der Waals surface area contributed by atoms with Crippen molar-refractivity contribution in [2.75, 3.05) is 32.7 Å². The summed E-state index contributed by atoms with van der Waals surface area (Å²) in [5, 5.41) is 15.0. The highest BCUT2D eigenvalue weighted by molar-refractivity contribution is 9.10. The molecule has 11 nitrogen and oxygen atoms in total. The predicted octanol–water partition coefficient (Wildman–Crippen LogP) is 7.82. The normalized spacial score (nSPS) is 18.1. The largest absolute Gasteiger partial charge is 0.490 e. The second-order valence-corrected chi connectivity index (χ2v) is 16.3. The van der Waals surface area contributed by atoms with E-state index in [1.807, 2.05) is 80.6 Å². The van der Waals surface area contributed by atoms with Crippen LogP contribution in [0.2, 0.25) is 0 Å². The Bertz CT molecular complexity index is 2370. The van der Waals surface area contributed by atoms with Crippen LogP contribution in [0.25, 0.3) is 21.8 Å². The average molecular weight is 843 g/mol. The van der Waals surface area contributed by atoms with Gasteiger partial charge in [0.2, 0.25) is 0 Å². The van der Waals surface area contributed by atoms with E-state index in [0.717, 1.165) is 131 Å². The van der Waals surface area contributed by atoms with E-state index in [9.17, 15) is 5.26 Å². The SMILES string of the molecule is Cc1cc(OC2CCN(CC3=CC=CC3C)CC2)c2cc(/C(=N/N)NN)ccc2n1.Cc1cc(OC2CCN(Cc3ccccc3C#N)CC2)c2cc(Br)ccc2n1. The summed E-state index contributed by atoms with van der Waals surface area (Å²) in [7, 11) is 0. The van der Waals surface area contributed by atoms with Gasteiger partial charge in [0.1, 0.15) is 23.7 Å². The number of allylic oxidation sites excluding steroid dienone is 3. The van der Waals surface area contributed by atoms with Crippen LogP contribution < -0.4 is 26.6 Å². The number of benzene rings is 3. The lowest BCUT2D eigenvalue weighted by Crippen LogP contribution is -2.39. The van der Waals surface area contributed by atoms with Gasteiger partial charge in [-0.3, -0.25) is 19.8 Å². The first-order valence-corrected chi connectivity index (χ1v) is 20.9. The molecule has 0 saturated carbocycles. The standard InChI is InChI=1S/C23H22BrN3O.C23H30N6O/c1-16-12-23(21-13-19(24)6-7-22(21)26-16)28-20-8-10-27(11-9-20)15-18-5-3-2-4-17(18)14-25;1-15-4-3-5-18(15)14-29-10-8-19(9-11-29)30-22-12-16(2)26-21-7-6-17(13-20(21)22)23(27-24)28-25/h2-7,12-13,20H,8-11,15H2,1H3;3-7,12-13,15,19H,8-11,14,24-25H2,1-2H3,(H,27,28). The molecule has 2 aliphatic heterocycles. The summed E-state index contributed by atoms with van der Waals surface area (Å²) >= 11 is 3.55. The van der Waals surface area contributed by atoms with Crippen molar-refractivity contribution in [2.24, 2.45) is 22.7 Å². The van der Waals surface area contributed by atoms with E-state index in [-0.39, 0.29) is 12.2 Å². The maximum Gasteiger partial charge on any atom is 0.166 e. The number of hydrazine groups is 1. The first-order valence-electron chi connectivity index (χ1n) is 20.1. The molecule has 58 heavy (non-hydrogen) atoms. The van der Waals surface area contributed by atoms with Gasteiger partial charge >= 0.3 is 0 Å². The summed E-state index contributed by atoms with van der Waals surface area (Å²) in [5.41, 5.74) is 10.4. The van der Waals surface area contributed by atoms with Crippen molar-refractivity contribution in [3.8, 4) is 17.6 Å². The summed E-state index contributed by atoms with van der Waals surface area (Å²) in [6.07, 6.45) is 11.1. The molecule has 12 heteroatoms. The quantitative estimate of drug-likeness (QED) is 0.0580. The zero-order chi connectivity index (χ0) is 40.6. The summed E-state index contributed by atoms with van der Waals surface area (Å²) in [4.78, 5) is 14.2. The number of hydrogen-bond acceptors (Lipinski definition) is 10. The summed E-state index contributed by atoms with van der Waals surface area (Å²) < 4.78 is 13.9. The van der Waals surface area contributed by atoms with E-state index in [1.165, 1.54) is 5.57 Å². The van der Waals surface area contributed by atoms with Gasteiger partial charge in [0.25, 0.3) is 0 Å². The number of likely N-dealkylation sites (tertiary alicyclic amines) is 2. The number of nitrogens with two attached hydrogens (primary N) is 2. The highest BCUT2D eigenvalue weighted by atomic mass is 79.9. The molecule has 8 rings (SSSR count). The molecule has 1 atom stereocenters. The molecule has 5 N–H and O–H groups in total. The molecule has 0 bridgehead atoms. The van der Waals surface area contributed by atoms with Gasteiger partial charge in [-0.2, -0.15) is 10.4 Å². The summed E-state index contributed by atoms with van der Waals surface area (Å²) in [6.45, 7) is 12.1. The fraction of sp³-hybridized carbons (Fsp3) is 0.348. The molecule has 2 saturated heterocycles. The monoisotopic (exact) mass is 841 g/mol. The van der Waals surface area contributed by atoms with Crippen molar-refractivity contribution in [1.82, 2.24) is 25.2 Å². The minimum atomic E-state index is 0.193. The molecule has 2 fully saturated rings. The van der Waals surface area contributed by atoms with Crippen molar-refractivity contribution < 1.29 is 9.47 Å². The minimum absolute atomic E-state index is 0.193. The third-order valence-electron chi connectivity index (χ3n) is 11.2. The lowest BCUT2D eigenvalue weighted by molar-refractivity contribution is 0.0978. The maximum absolute atomic E-state index is 9.29. The lowest BCUT2D eigenvalue weighted by Gasteiger charge is -2.33. The van der Waals surface area contributed by atoms with Crippen molar-refractivity contribution in [3.05, 3.63) is 129 Å². The molecule has 1 unspecified atom stereocenters. The van der Waals surface area contributed by atoms with E-state index in [4.69, 9.17) is 21.2 Å².